The Bertz CT molecular complexity index is 1270. The van der Waals surface area contributed by atoms with Crippen molar-refractivity contribution in [3.63, 3.8) is 0 Å². The normalized spacial score (nSPS) is 25.3. The zero-order valence-corrected chi connectivity index (χ0v) is 20.9. The minimum Gasteiger partial charge on any atom is -0.471 e. The van der Waals surface area contributed by atoms with Crippen molar-refractivity contribution >= 4 is 17.1 Å². The number of halogens is 4. The van der Waals surface area contributed by atoms with Gasteiger partial charge < -0.3 is 29.7 Å². The quantitative estimate of drug-likeness (QED) is 0.337. The van der Waals surface area contributed by atoms with E-state index >= 15 is 0 Å². The number of rotatable bonds is 9. The molecule has 0 spiro atoms. The highest BCUT2D eigenvalue weighted by Gasteiger charge is 2.43. The van der Waals surface area contributed by atoms with Crippen molar-refractivity contribution < 1.29 is 42.0 Å². The van der Waals surface area contributed by atoms with Crippen LogP contribution < -0.4 is 14.8 Å². The average molecular weight is 557 g/mol. The molecule has 11 nitrogen and oxygen atoms in total. The van der Waals surface area contributed by atoms with Crippen molar-refractivity contribution in [3.05, 3.63) is 30.2 Å². The van der Waals surface area contributed by atoms with E-state index in [1.54, 1.807) is 6.92 Å². The molecule has 1 aliphatic heterocycles. The van der Waals surface area contributed by atoms with Crippen LogP contribution in [0.4, 0.5) is 23.5 Å². The first kappa shape index (κ1) is 27.3. The van der Waals surface area contributed by atoms with Crippen LogP contribution in [-0.2, 0) is 11.3 Å². The number of aromatic nitrogens is 5. The summed E-state index contributed by atoms with van der Waals surface area (Å²) in [6, 6.07) is 2.79. The summed E-state index contributed by atoms with van der Waals surface area (Å²) in [6.45, 7) is -1.05. The van der Waals surface area contributed by atoms with Crippen LogP contribution in [0, 0.1) is 5.92 Å². The molecule has 5 rings (SSSR count). The maximum absolute atomic E-state index is 13.6. The molecule has 0 aromatic carbocycles. The van der Waals surface area contributed by atoms with Gasteiger partial charge in [-0.25, -0.2) is 23.7 Å². The molecule has 0 unspecified atom stereocenters. The highest BCUT2D eigenvalue weighted by atomic mass is 19.3. The summed E-state index contributed by atoms with van der Waals surface area (Å²) < 4.78 is 69.3. The van der Waals surface area contributed by atoms with E-state index in [4.69, 9.17) is 9.47 Å². The Morgan fingerprint density at radius 3 is 2.56 bits per heavy atom. The number of anilines is 1. The fourth-order valence-corrected chi connectivity index (χ4v) is 4.75. The van der Waals surface area contributed by atoms with Gasteiger partial charge in [0.1, 0.15) is 25.1 Å². The van der Waals surface area contributed by atoms with Gasteiger partial charge in [0.05, 0.1) is 6.10 Å². The molecule has 3 aromatic rings. The molecule has 0 amide bonds. The summed E-state index contributed by atoms with van der Waals surface area (Å²) in [6.07, 6.45) is -1.25. The Kier molecular flexibility index (Phi) is 7.73. The van der Waals surface area contributed by atoms with Crippen molar-refractivity contribution in [1.82, 2.24) is 24.5 Å². The van der Waals surface area contributed by atoms with E-state index in [1.807, 2.05) is 0 Å². The van der Waals surface area contributed by atoms with Crippen LogP contribution in [0.3, 0.4) is 0 Å². The standard InChI is InChI=1S/C24H28F4N6O5/c1-12-17(35)18(36)21(38-12)34-19-16(33-23(34)30-8-13-4-6-24(27,28)7-5-13)20(32-11-31-19)37-10-14-2-3-15(29-9-14)39-22(25)26/h2-3,9,11-13,17-18,21-22,35-36H,4-8,10H2,1H3,(H,30,33)/t12-,17-,18-,21-/m1/s1. The lowest BCUT2D eigenvalue weighted by molar-refractivity contribution is -0.0529. The van der Waals surface area contributed by atoms with E-state index in [1.165, 1.54) is 29.2 Å². The fraction of sp³-hybridized carbons (Fsp3) is 0.583. The van der Waals surface area contributed by atoms with Crippen LogP contribution in [0.15, 0.2) is 24.7 Å². The smallest absolute Gasteiger partial charge is 0.388 e. The summed E-state index contributed by atoms with van der Waals surface area (Å²) >= 11 is 0. The highest BCUT2D eigenvalue weighted by molar-refractivity contribution is 5.79. The number of hydrogen-bond acceptors (Lipinski definition) is 10. The van der Waals surface area contributed by atoms with Gasteiger partial charge in [-0.05, 0) is 31.7 Å². The Labute approximate surface area is 220 Å². The van der Waals surface area contributed by atoms with Crippen LogP contribution in [0.1, 0.15) is 44.4 Å². The van der Waals surface area contributed by atoms with Gasteiger partial charge in [0.2, 0.25) is 23.6 Å². The third kappa shape index (κ3) is 5.99. The monoisotopic (exact) mass is 556 g/mol. The second-order valence-electron chi connectivity index (χ2n) is 9.72. The average Bonchev–Trinajstić information content (AvgIpc) is 3.39. The van der Waals surface area contributed by atoms with E-state index in [-0.39, 0.29) is 54.2 Å². The molecule has 0 radical (unpaired) electrons. The second kappa shape index (κ2) is 11.1. The van der Waals surface area contributed by atoms with Crippen LogP contribution in [0.2, 0.25) is 0 Å². The molecule has 1 saturated carbocycles. The molecule has 1 aliphatic carbocycles. The number of nitrogens with one attached hydrogen (secondary N) is 1. The Morgan fingerprint density at radius 1 is 1.15 bits per heavy atom. The summed E-state index contributed by atoms with van der Waals surface area (Å²) in [5, 5.41) is 24.2. The topological polar surface area (TPSA) is 137 Å². The number of imidazole rings is 1. The molecule has 2 aliphatic rings. The second-order valence-corrected chi connectivity index (χ2v) is 9.72. The molecule has 2 fully saturated rings. The van der Waals surface area contributed by atoms with Crippen molar-refractivity contribution in [3.8, 4) is 11.8 Å². The van der Waals surface area contributed by atoms with Gasteiger partial charge in [0.15, 0.2) is 17.4 Å². The molecule has 4 atom stereocenters. The van der Waals surface area contributed by atoms with E-state index in [9.17, 15) is 27.8 Å². The minimum absolute atomic E-state index is 0.0110. The Morgan fingerprint density at radius 2 is 1.92 bits per heavy atom. The van der Waals surface area contributed by atoms with Crippen molar-refractivity contribution in [1.29, 1.82) is 0 Å². The van der Waals surface area contributed by atoms with E-state index in [0.29, 0.717) is 24.9 Å². The molecular formula is C24H28F4N6O5. The lowest BCUT2D eigenvalue weighted by Gasteiger charge is -2.28. The number of alkyl halides is 4. The lowest BCUT2D eigenvalue weighted by Crippen LogP contribution is -2.31. The van der Waals surface area contributed by atoms with Crippen LogP contribution in [0.5, 0.6) is 11.8 Å². The predicted octanol–water partition coefficient (Wildman–Crippen LogP) is 3.28. The number of ether oxygens (including phenoxy) is 3. The van der Waals surface area contributed by atoms with Gasteiger partial charge in [-0.1, -0.05) is 0 Å². The Balaban J connectivity index is 1.39. The summed E-state index contributed by atoms with van der Waals surface area (Å²) in [7, 11) is 0. The number of hydrogen-bond donors (Lipinski definition) is 3. The maximum Gasteiger partial charge on any atom is 0.388 e. The van der Waals surface area contributed by atoms with Gasteiger partial charge in [-0.3, -0.25) is 4.57 Å². The molecule has 212 valence electrons. The van der Waals surface area contributed by atoms with Gasteiger partial charge in [0.25, 0.3) is 0 Å². The zero-order valence-electron chi connectivity index (χ0n) is 20.9. The van der Waals surface area contributed by atoms with Crippen molar-refractivity contribution in [2.45, 2.75) is 76.3 Å². The number of nitrogens with zero attached hydrogens (tertiary/aromatic N) is 5. The molecule has 3 N–H and O–H groups in total. The number of aliphatic hydroxyl groups excluding tert-OH is 2. The van der Waals surface area contributed by atoms with Gasteiger partial charge >= 0.3 is 6.61 Å². The van der Waals surface area contributed by atoms with Crippen LogP contribution in [0.25, 0.3) is 11.2 Å². The van der Waals surface area contributed by atoms with Gasteiger partial charge in [-0.2, -0.15) is 13.8 Å². The van der Waals surface area contributed by atoms with Crippen molar-refractivity contribution in [2.75, 3.05) is 11.9 Å². The fourth-order valence-electron chi connectivity index (χ4n) is 4.75. The molecule has 4 heterocycles. The van der Waals surface area contributed by atoms with E-state index in [2.05, 4.69) is 30.0 Å². The molecular weight excluding hydrogens is 528 g/mol. The maximum atomic E-state index is 13.6. The van der Waals surface area contributed by atoms with E-state index in [0.717, 1.165) is 0 Å². The van der Waals surface area contributed by atoms with Gasteiger partial charge in [-0.15, -0.1) is 0 Å². The highest BCUT2D eigenvalue weighted by Crippen LogP contribution is 2.38. The summed E-state index contributed by atoms with van der Waals surface area (Å²) in [5.74, 6) is -2.56. The molecule has 0 bridgehead atoms. The van der Waals surface area contributed by atoms with Crippen LogP contribution >= 0.6 is 0 Å². The number of pyridine rings is 1. The molecule has 1 saturated heterocycles. The molecule has 39 heavy (non-hydrogen) atoms. The third-order valence-electron chi connectivity index (χ3n) is 6.94. The SMILES string of the molecule is C[C@H]1O[C@@H](n2c(NCC3CCC(F)(F)CC3)nc3c(OCc4ccc(OC(F)F)nc4)ncnc32)[C@H](O)[C@@H]1O. The largest absolute Gasteiger partial charge is 0.471 e. The third-order valence-corrected chi connectivity index (χ3v) is 6.94. The predicted molar refractivity (Wildman–Crippen MR) is 128 cm³/mol. The lowest BCUT2D eigenvalue weighted by atomic mass is 9.87. The van der Waals surface area contributed by atoms with Crippen molar-refractivity contribution in [2.24, 2.45) is 5.92 Å². The first-order valence-electron chi connectivity index (χ1n) is 12.5. The minimum atomic E-state index is -2.99. The summed E-state index contributed by atoms with van der Waals surface area (Å²) in [5.41, 5.74) is 1.02. The Hall–Kier alpha value is -3.30. The number of aliphatic hydroxyl groups is 2. The van der Waals surface area contributed by atoms with Crippen LogP contribution in [-0.4, -0.2) is 72.1 Å². The zero-order chi connectivity index (χ0) is 27.7. The first-order chi connectivity index (χ1) is 18.6. The molecule has 3 aromatic heterocycles. The first-order valence-corrected chi connectivity index (χ1v) is 12.5. The summed E-state index contributed by atoms with van der Waals surface area (Å²) in [4.78, 5) is 16.8. The molecule has 15 heteroatoms. The van der Waals surface area contributed by atoms with Gasteiger partial charge in [0, 0.05) is 37.2 Å². The number of fused-ring (bicyclic) bond motifs is 1. The van der Waals surface area contributed by atoms with E-state index < -0.39 is 37.1 Å².